The maximum absolute atomic E-state index is 5.99. The maximum Gasteiger partial charge on any atom is 0.149 e. The van der Waals surface area contributed by atoms with Crippen molar-refractivity contribution in [3.8, 4) is 22.4 Å². The molecule has 0 aliphatic carbocycles. The summed E-state index contributed by atoms with van der Waals surface area (Å²) in [5, 5.41) is 5.11. The third-order valence-electron chi connectivity index (χ3n) is 4.15. The Morgan fingerprint density at radius 2 is 1.32 bits per heavy atom. The Morgan fingerprint density at radius 3 is 1.96 bits per heavy atom. The van der Waals surface area contributed by atoms with Crippen LogP contribution >= 0.6 is 11.6 Å². The minimum atomic E-state index is 0.668. The summed E-state index contributed by atoms with van der Waals surface area (Å²) < 4.78 is 5.76. The van der Waals surface area contributed by atoms with E-state index in [1.807, 2.05) is 60.7 Å². The molecule has 0 N–H and O–H groups in total. The molecule has 2 nitrogen and oxygen atoms in total. The van der Waals surface area contributed by atoms with Crippen molar-refractivity contribution in [1.82, 2.24) is 5.16 Å². The molecule has 0 unspecified atom stereocenters. The van der Waals surface area contributed by atoms with E-state index in [2.05, 4.69) is 29.4 Å². The second-order valence-electron chi connectivity index (χ2n) is 5.86. The molecule has 0 amide bonds. The number of benzene rings is 3. The third-order valence-corrected chi connectivity index (χ3v) is 4.40. The molecule has 4 aromatic rings. The normalized spacial score (nSPS) is 10.8. The van der Waals surface area contributed by atoms with Gasteiger partial charge in [0, 0.05) is 17.0 Å². The van der Waals surface area contributed by atoms with Gasteiger partial charge in [-0.25, -0.2) is 0 Å². The molecule has 0 radical (unpaired) electrons. The van der Waals surface area contributed by atoms with E-state index >= 15 is 0 Å². The lowest BCUT2D eigenvalue weighted by Crippen LogP contribution is -1.90. The molecular formula is C22H16ClNO. The van der Waals surface area contributed by atoms with Crippen LogP contribution in [-0.4, -0.2) is 5.16 Å². The molecule has 0 saturated carbocycles. The van der Waals surface area contributed by atoms with Crippen LogP contribution in [0.3, 0.4) is 0 Å². The van der Waals surface area contributed by atoms with Crippen molar-refractivity contribution < 1.29 is 4.52 Å². The van der Waals surface area contributed by atoms with E-state index in [9.17, 15) is 0 Å². The Hall–Kier alpha value is -2.84. The molecule has 1 heterocycles. The average Bonchev–Trinajstić information content (AvgIpc) is 3.08. The van der Waals surface area contributed by atoms with Gasteiger partial charge in [0.2, 0.25) is 0 Å². The monoisotopic (exact) mass is 345 g/mol. The molecule has 0 saturated heterocycles. The Morgan fingerprint density at radius 1 is 0.720 bits per heavy atom. The summed E-state index contributed by atoms with van der Waals surface area (Å²) in [7, 11) is 0. The smallest absolute Gasteiger partial charge is 0.149 e. The zero-order chi connectivity index (χ0) is 17.1. The number of aromatic nitrogens is 1. The van der Waals surface area contributed by atoms with Crippen molar-refractivity contribution in [2.75, 3.05) is 0 Å². The SMILES string of the molecule is Clc1ccc(Cc2onc(-c3ccccc3)c2-c2ccccc2)cc1. The molecule has 0 aliphatic heterocycles. The van der Waals surface area contributed by atoms with Crippen LogP contribution in [0.4, 0.5) is 0 Å². The Balaban J connectivity index is 1.82. The van der Waals surface area contributed by atoms with Crippen molar-refractivity contribution in [1.29, 1.82) is 0 Å². The predicted molar refractivity (Wildman–Crippen MR) is 102 cm³/mol. The van der Waals surface area contributed by atoms with Crippen molar-refractivity contribution in [3.05, 3.63) is 101 Å². The second-order valence-corrected chi connectivity index (χ2v) is 6.30. The molecular weight excluding hydrogens is 330 g/mol. The second kappa shape index (κ2) is 6.96. The Bertz CT molecular complexity index is 960. The summed E-state index contributed by atoms with van der Waals surface area (Å²) in [5.74, 6) is 0.854. The van der Waals surface area contributed by atoms with Gasteiger partial charge in [0.25, 0.3) is 0 Å². The number of nitrogens with zero attached hydrogens (tertiary/aromatic N) is 1. The maximum atomic E-state index is 5.99. The highest BCUT2D eigenvalue weighted by molar-refractivity contribution is 6.30. The van der Waals surface area contributed by atoms with Crippen LogP contribution in [-0.2, 0) is 6.42 Å². The molecule has 0 atom stereocenters. The lowest BCUT2D eigenvalue weighted by Gasteiger charge is -2.05. The van der Waals surface area contributed by atoms with Gasteiger partial charge >= 0.3 is 0 Å². The first-order valence-electron chi connectivity index (χ1n) is 8.15. The van der Waals surface area contributed by atoms with Crippen LogP contribution in [0.5, 0.6) is 0 Å². The summed E-state index contributed by atoms with van der Waals surface area (Å²) in [5.41, 5.74) is 5.20. The van der Waals surface area contributed by atoms with E-state index in [-0.39, 0.29) is 0 Å². The quantitative estimate of drug-likeness (QED) is 0.436. The fourth-order valence-corrected chi connectivity index (χ4v) is 3.05. The van der Waals surface area contributed by atoms with Gasteiger partial charge in [0.1, 0.15) is 11.5 Å². The highest BCUT2D eigenvalue weighted by atomic mass is 35.5. The lowest BCUT2D eigenvalue weighted by molar-refractivity contribution is 0.392. The zero-order valence-electron chi connectivity index (χ0n) is 13.5. The van der Waals surface area contributed by atoms with Crippen LogP contribution in [0.1, 0.15) is 11.3 Å². The van der Waals surface area contributed by atoms with Crippen LogP contribution in [0.2, 0.25) is 5.02 Å². The lowest BCUT2D eigenvalue weighted by atomic mass is 9.96. The fraction of sp³-hybridized carbons (Fsp3) is 0.0455. The minimum absolute atomic E-state index is 0.668. The molecule has 0 bridgehead atoms. The Kier molecular flexibility index (Phi) is 4.36. The number of hydrogen-bond acceptors (Lipinski definition) is 2. The van der Waals surface area contributed by atoms with E-state index in [1.54, 1.807) is 0 Å². The van der Waals surface area contributed by atoms with Gasteiger partial charge in [-0.15, -0.1) is 0 Å². The van der Waals surface area contributed by atoms with Crippen molar-refractivity contribution in [2.45, 2.75) is 6.42 Å². The van der Waals surface area contributed by atoms with E-state index in [0.29, 0.717) is 6.42 Å². The van der Waals surface area contributed by atoms with Crippen molar-refractivity contribution in [2.24, 2.45) is 0 Å². The first-order chi connectivity index (χ1) is 12.3. The highest BCUT2D eigenvalue weighted by Gasteiger charge is 2.19. The summed E-state index contributed by atoms with van der Waals surface area (Å²) in [6.07, 6.45) is 0.668. The van der Waals surface area contributed by atoms with Crippen molar-refractivity contribution >= 4 is 11.6 Å². The molecule has 4 rings (SSSR count). The first-order valence-corrected chi connectivity index (χ1v) is 8.53. The standard InChI is InChI=1S/C22H16ClNO/c23-19-13-11-16(12-14-19)15-20-21(17-7-3-1-4-8-17)22(24-25-20)18-9-5-2-6-10-18/h1-14H,15H2. The van der Waals surface area contributed by atoms with Gasteiger partial charge in [-0.05, 0) is 23.3 Å². The highest BCUT2D eigenvalue weighted by Crippen LogP contribution is 2.35. The van der Waals surface area contributed by atoms with Gasteiger partial charge in [-0.3, -0.25) is 0 Å². The van der Waals surface area contributed by atoms with Crippen LogP contribution in [0.25, 0.3) is 22.4 Å². The summed E-state index contributed by atoms with van der Waals surface area (Å²) in [4.78, 5) is 0. The molecule has 3 aromatic carbocycles. The number of hydrogen-bond donors (Lipinski definition) is 0. The van der Waals surface area contributed by atoms with Crippen LogP contribution < -0.4 is 0 Å². The van der Waals surface area contributed by atoms with Crippen LogP contribution in [0, 0.1) is 0 Å². The van der Waals surface area contributed by atoms with E-state index < -0.39 is 0 Å². The van der Waals surface area contributed by atoms with Gasteiger partial charge in [0.15, 0.2) is 0 Å². The van der Waals surface area contributed by atoms with E-state index in [0.717, 1.165) is 38.7 Å². The Labute approximate surface area is 151 Å². The van der Waals surface area contributed by atoms with E-state index in [4.69, 9.17) is 16.1 Å². The summed E-state index contributed by atoms with van der Waals surface area (Å²) in [6.45, 7) is 0. The fourth-order valence-electron chi connectivity index (χ4n) is 2.93. The van der Waals surface area contributed by atoms with E-state index in [1.165, 1.54) is 0 Å². The molecule has 3 heteroatoms. The largest absolute Gasteiger partial charge is 0.360 e. The molecule has 1 aromatic heterocycles. The number of halogens is 1. The predicted octanol–water partition coefficient (Wildman–Crippen LogP) is 6.25. The minimum Gasteiger partial charge on any atom is -0.360 e. The zero-order valence-corrected chi connectivity index (χ0v) is 14.3. The number of rotatable bonds is 4. The van der Waals surface area contributed by atoms with Crippen LogP contribution in [0.15, 0.2) is 89.5 Å². The molecule has 122 valence electrons. The van der Waals surface area contributed by atoms with Crippen molar-refractivity contribution in [3.63, 3.8) is 0 Å². The van der Waals surface area contributed by atoms with Gasteiger partial charge in [0.05, 0.1) is 5.56 Å². The first kappa shape index (κ1) is 15.7. The van der Waals surface area contributed by atoms with Gasteiger partial charge in [-0.2, -0.15) is 0 Å². The summed E-state index contributed by atoms with van der Waals surface area (Å²) in [6, 6.07) is 28.2. The summed E-state index contributed by atoms with van der Waals surface area (Å²) >= 11 is 5.99. The van der Waals surface area contributed by atoms with Gasteiger partial charge < -0.3 is 4.52 Å². The third kappa shape index (κ3) is 3.35. The van der Waals surface area contributed by atoms with Gasteiger partial charge in [-0.1, -0.05) is 89.6 Å². The average molecular weight is 346 g/mol. The molecule has 0 aliphatic rings. The molecule has 25 heavy (non-hydrogen) atoms. The molecule has 0 fully saturated rings. The molecule has 0 spiro atoms. The topological polar surface area (TPSA) is 26.0 Å².